The van der Waals surface area contributed by atoms with Crippen molar-refractivity contribution in [3.8, 4) is 0 Å². The third-order valence-corrected chi connectivity index (χ3v) is 2.77. The Morgan fingerprint density at radius 1 is 0.812 bits per heavy atom. The molecule has 7 heteroatoms. The Morgan fingerprint density at radius 2 is 1.12 bits per heavy atom. The molecule has 0 aliphatic heterocycles. The first kappa shape index (κ1) is 12.9. The number of hydrogen-bond acceptors (Lipinski definition) is 7. The van der Waals surface area contributed by atoms with Crippen molar-refractivity contribution in [3.05, 3.63) is 0 Å². The predicted octanol–water partition coefficient (Wildman–Crippen LogP) is -2.34. The van der Waals surface area contributed by atoms with E-state index < -0.39 is 42.1 Å². The number of methoxy groups -OCH3 is 2. The molecule has 16 heavy (non-hydrogen) atoms. The number of hydrogen-bond donors (Lipinski definition) is 3. The van der Waals surface area contributed by atoms with Crippen LogP contribution >= 0.6 is 0 Å². The van der Waals surface area contributed by atoms with Gasteiger partial charge in [-0.25, -0.2) is 0 Å². The second-order valence-electron chi connectivity index (χ2n) is 3.57. The zero-order valence-corrected chi connectivity index (χ0v) is 8.86. The zero-order valence-electron chi connectivity index (χ0n) is 8.86. The van der Waals surface area contributed by atoms with Crippen LogP contribution in [0.2, 0.25) is 0 Å². The number of aliphatic hydroxyl groups excluding tert-OH is 3. The molecule has 7 nitrogen and oxygen atoms in total. The maximum Gasteiger partial charge on any atom is 0.314 e. The number of carbonyl (C=O) groups is 2. The molecule has 1 unspecified atom stereocenters. The summed E-state index contributed by atoms with van der Waals surface area (Å²) in [4.78, 5) is 22.5. The number of rotatable bonds is 2. The van der Waals surface area contributed by atoms with Crippen molar-refractivity contribution in [2.24, 2.45) is 11.8 Å². The smallest absolute Gasteiger partial charge is 0.314 e. The lowest BCUT2D eigenvalue weighted by atomic mass is 10.0. The fourth-order valence-corrected chi connectivity index (χ4v) is 1.88. The van der Waals surface area contributed by atoms with Gasteiger partial charge in [0.25, 0.3) is 0 Å². The fourth-order valence-electron chi connectivity index (χ4n) is 1.88. The molecule has 1 aliphatic rings. The molecule has 0 amide bonds. The van der Waals surface area contributed by atoms with E-state index in [1.165, 1.54) is 0 Å². The van der Waals surface area contributed by atoms with Crippen LogP contribution in [0.15, 0.2) is 0 Å². The summed E-state index contributed by atoms with van der Waals surface area (Å²) in [5.41, 5.74) is 0. The summed E-state index contributed by atoms with van der Waals surface area (Å²) in [6.07, 6.45) is -4.62. The average Bonchev–Trinajstić information content (AvgIpc) is 2.49. The lowest BCUT2D eigenvalue weighted by Crippen LogP contribution is -2.35. The molecule has 0 aromatic rings. The van der Waals surface area contributed by atoms with Gasteiger partial charge in [-0.2, -0.15) is 0 Å². The fraction of sp³-hybridized carbons (Fsp3) is 0.778. The van der Waals surface area contributed by atoms with Gasteiger partial charge in [-0.05, 0) is 0 Å². The molecule has 3 N–H and O–H groups in total. The minimum atomic E-state index is -1.55. The van der Waals surface area contributed by atoms with Crippen LogP contribution in [0, 0.1) is 11.8 Å². The van der Waals surface area contributed by atoms with Gasteiger partial charge in [-0.1, -0.05) is 0 Å². The number of ether oxygens (including phenoxy) is 2. The summed E-state index contributed by atoms with van der Waals surface area (Å²) in [5.74, 6) is -4.45. The molecule has 1 saturated carbocycles. The van der Waals surface area contributed by atoms with Crippen LogP contribution in [0.4, 0.5) is 0 Å². The van der Waals surface area contributed by atoms with E-state index in [-0.39, 0.29) is 0 Å². The maximum atomic E-state index is 11.2. The molecule has 1 rings (SSSR count). The zero-order chi connectivity index (χ0) is 12.5. The Balaban J connectivity index is 2.93. The lowest BCUT2D eigenvalue weighted by molar-refractivity contribution is -0.155. The van der Waals surface area contributed by atoms with Crippen LogP contribution in [0.1, 0.15) is 0 Å². The van der Waals surface area contributed by atoms with E-state index >= 15 is 0 Å². The third kappa shape index (κ3) is 1.89. The van der Waals surface area contributed by atoms with Gasteiger partial charge >= 0.3 is 11.9 Å². The van der Waals surface area contributed by atoms with Gasteiger partial charge in [-0.15, -0.1) is 0 Å². The largest absolute Gasteiger partial charge is 0.469 e. The van der Waals surface area contributed by atoms with Gasteiger partial charge in [0.1, 0.15) is 11.8 Å². The predicted molar refractivity (Wildman–Crippen MR) is 49.0 cm³/mol. The molecule has 5 atom stereocenters. The lowest BCUT2D eigenvalue weighted by Gasteiger charge is -2.16. The highest BCUT2D eigenvalue weighted by Gasteiger charge is 2.56. The molecule has 0 spiro atoms. The highest BCUT2D eigenvalue weighted by molar-refractivity contribution is 5.80. The normalized spacial score (nSPS) is 38.2. The van der Waals surface area contributed by atoms with E-state index in [9.17, 15) is 24.9 Å². The first-order chi connectivity index (χ1) is 7.45. The van der Waals surface area contributed by atoms with E-state index in [0.717, 1.165) is 14.2 Å². The second kappa shape index (κ2) is 4.77. The molecule has 0 heterocycles. The highest BCUT2D eigenvalue weighted by Crippen LogP contribution is 2.33. The highest BCUT2D eigenvalue weighted by atomic mass is 16.5. The molecule has 0 aromatic heterocycles. The van der Waals surface area contributed by atoms with E-state index in [4.69, 9.17) is 0 Å². The molecule has 0 saturated heterocycles. The molecule has 0 bridgehead atoms. The van der Waals surface area contributed by atoms with Gasteiger partial charge in [-0.3, -0.25) is 9.59 Å². The molecule has 1 aliphatic carbocycles. The second-order valence-corrected chi connectivity index (χ2v) is 3.57. The van der Waals surface area contributed by atoms with Crippen molar-refractivity contribution in [2.45, 2.75) is 18.3 Å². The quantitative estimate of drug-likeness (QED) is 0.459. The number of carbonyl (C=O) groups excluding carboxylic acids is 2. The Kier molecular flexibility index (Phi) is 3.84. The van der Waals surface area contributed by atoms with E-state index in [0.29, 0.717) is 0 Å². The van der Waals surface area contributed by atoms with Gasteiger partial charge in [0.2, 0.25) is 0 Å². The summed E-state index contributed by atoms with van der Waals surface area (Å²) in [7, 11) is 2.17. The SMILES string of the molecule is COC(=O)[C@@H]1C(O)[C@H](C(=O)OC)[C@@H](O)[C@H]1O. The maximum absolute atomic E-state index is 11.2. The average molecular weight is 234 g/mol. The topological polar surface area (TPSA) is 113 Å². The Hall–Kier alpha value is -1.18. The van der Waals surface area contributed by atoms with Crippen molar-refractivity contribution in [3.63, 3.8) is 0 Å². The van der Waals surface area contributed by atoms with Gasteiger partial charge in [0.05, 0.1) is 32.5 Å². The monoisotopic (exact) mass is 234 g/mol. The summed E-state index contributed by atoms with van der Waals surface area (Å²) in [6.45, 7) is 0. The van der Waals surface area contributed by atoms with E-state index in [1.54, 1.807) is 0 Å². The standard InChI is InChI=1S/C9H14O7/c1-15-8(13)3-5(10)4(9(14)16-2)7(12)6(3)11/h3-7,10-12H,1-2H3/t3-,4+,5?,6+,7-. The summed E-state index contributed by atoms with van der Waals surface area (Å²) in [5, 5.41) is 28.7. The van der Waals surface area contributed by atoms with Crippen LogP contribution in [0.3, 0.4) is 0 Å². The number of aliphatic hydroxyl groups is 3. The Morgan fingerprint density at radius 3 is 1.38 bits per heavy atom. The summed E-state index contributed by atoms with van der Waals surface area (Å²) < 4.78 is 8.73. The number of esters is 2. The minimum Gasteiger partial charge on any atom is -0.469 e. The Labute approximate surface area is 91.6 Å². The van der Waals surface area contributed by atoms with Crippen LogP contribution < -0.4 is 0 Å². The van der Waals surface area contributed by atoms with Gasteiger partial charge in [0.15, 0.2) is 0 Å². The summed E-state index contributed by atoms with van der Waals surface area (Å²) in [6, 6.07) is 0. The van der Waals surface area contributed by atoms with Crippen LogP contribution in [-0.2, 0) is 19.1 Å². The minimum absolute atomic E-state index is 0.884. The van der Waals surface area contributed by atoms with Crippen LogP contribution in [0.25, 0.3) is 0 Å². The van der Waals surface area contributed by atoms with Gasteiger partial charge in [0, 0.05) is 0 Å². The van der Waals surface area contributed by atoms with Crippen molar-refractivity contribution in [2.75, 3.05) is 14.2 Å². The molecule has 0 radical (unpaired) electrons. The van der Waals surface area contributed by atoms with Crippen molar-refractivity contribution >= 4 is 11.9 Å². The van der Waals surface area contributed by atoms with E-state index in [1.807, 2.05) is 0 Å². The van der Waals surface area contributed by atoms with Crippen molar-refractivity contribution in [1.82, 2.24) is 0 Å². The Bertz CT molecular complexity index is 262. The first-order valence-electron chi connectivity index (χ1n) is 4.65. The van der Waals surface area contributed by atoms with Crippen LogP contribution in [0.5, 0.6) is 0 Å². The molecule has 92 valence electrons. The first-order valence-corrected chi connectivity index (χ1v) is 4.65. The summed E-state index contributed by atoms with van der Waals surface area (Å²) >= 11 is 0. The van der Waals surface area contributed by atoms with Crippen LogP contribution in [-0.4, -0.2) is 59.8 Å². The van der Waals surface area contributed by atoms with E-state index in [2.05, 4.69) is 9.47 Å². The van der Waals surface area contributed by atoms with Crippen molar-refractivity contribution in [1.29, 1.82) is 0 Å². The van der Waals surface area contributed by atoms with Gasteiger partial charge < -0.3 is 24.8 Å². The molecular formula is C9H14O7. The molecule has 0 aromatic carbocycles. The molecular weight excluding hydrogens is 220 g/mol. The molecule has 1 fully saturated rings. The van der Waals surface area contributed by atoms with Crippen molar-refractivity contribution < 1.29 is 34.4 Å². The third-order valence-electron chi connectivity index (χ3n) is 2.77.